The van der Waals surface area contributed by atoms with Crippen molar-refractivity contribution in [1.82, 2.24) is 0 Å². The molecule has 0 aromatic heterocycles. The number of carboxylic acid groups (broad SMARTS) is 2. The summed E-state index contributed by atoms with van der Waals surface area (Å²) < 4.78 is 0. The van der Waals surface area contributed by atoms with Gasteiger partial charge in [0, 0.05) is 25.0 Å². The Morgan fingerprint density at radius 1 is 0.923 bits per heavy atom. The van der Waals surface area contributed by atoms with Crippen LogP contribution in [-0.4, -0.2) is 25.0 Å². The fraction of sp³-hybridized carbons (Fsp3) is 0.667. The Balaban J connectivity index is -0.000000173. The zero-order valence-electron chi connectivity index (χ0n) is 6.97. The van der Waals surface area contributed by atoms with E-state index in [-0.39, 0.29) is 17.1 Å². The minimum atomic E-state index is -1.37. The van der Waals surface area contributed by atoms with Crippen LogP contribution in [0.2, 0.25) is 0 Å². The van der Waals surface area contributed by atoms with Gasteiger partial charge < -0.3 is 31.3 Å². The van der Waals surface area contributed by atoms with Crippen LogP contribution in [0.1, 0.15) is 12.8 Å². The van der Waals surface area contributed by atoms with Crippen LogP contribution in [0.15, 0.2) is 0 Å². The van der Waals surface area contributed by atoms with Gasteiger partial charge in [-0.3, -0.25) is 0 Å². The molecule has 4 N–H and O–H groups in total. The summed E-state index contributed by atoms with van der Waals surface area (Å²) in [5.41, 5.74) is 9.81. The summed E-state index contributed by atoms with van der Waals surface area (Å²) >= 11 is 0. The van der Waals surface area contributed by atoms with Gasteiger partial charge >= 0.3 is 17.1 Å². The van der Waals surface area contributed by atoms with Crippen molar-refractivity contribution in [3.05, 3.63) is 0 Å². The number of carbonyl (C=O) groups is 2. The Hall–Kier alpha value is -0.621. The third-order valence-electron chi connectivity index (χ3n) is 0.700. The van der Waals surface area contributed by atoms with Crippen LogP contribution < -0.4 is 21.7 Å². The molecule has 0 aromatic carbocycles. The molecular weight excluding hydrogens is 220 g/mol. The maximum absolute atomic E-state index is 9.50. The molecule has 0 saturated carbocycles. The molecule has 0 spiro atoms. The van der Waals surface area contributed by atoms with Crippen molar-refractivity contribution in [1.29, 1.82) is 0 Å². The molecule has 0 heterocycles. The minimum Gasteiger partial charge on any atom is -0.550 e. The molecule has 0 rings (SSSR count). The number of carbonyl (C=O) groups excluding carboxylic acids is 2. The topological polar surface area (TPSA) is 132 Å². The van der Waals surface area contributed by atoms with Crippen molar-refractivity contribution in [2.75, 3.05) is 13.1 Å². The Morgan fingerprint density at radius 2 is 1.15 bits per heavy atom. The van der Waals surface area contributed by atoms with Gasteiger partial charge in [-0.25, -0.2) is 0 Å². The first kappa shape index (κ1) is 18.2. The molecule has 0 unspecified atom stereocenters. The Kier molecular flexibility index (Phi) is 19.5. The van der Waals surface area contributed by atoms with E-state index in [1.807, 2.05) is 0 Å². The molecule has 7 heteroatoms. The molecule has 13 heavy (non-hydrogen) atoms. The van der Waals surface area contributed by atoms with Crippen LogP contribution >= 0.6 is 0 Å². The molecule has 0 fully saturated rings. The number of hydrogen-bond acceptors (Lipinski definition) is 6. The SMILES string of the molecule is NCCN.O=C([O-])CCC(=O)[O-].[Fe+2]. The molecule has 0 aromatic rings. The van der Waals surface area contributed by atoms with E-state index in [9.17, 15) is 19.8 Å². The van der Waals surface area contributed by atoms with Gasteiger partial charge in [0.1, 0.15) is 0 Å². The monoisotopic (exact) mass is 232 g/mol. The molecule has 6 nitrogen and oxygen atoms in total. The van der Waals surface area contributed by atoms with Gasteiger partial charge in [0.25, 0.3) is 0 Å². The van der Waals surface area contributed by atoms with Crippen LogP contribution in [0.5, 0.6) is 0 Å². The maximum atomic E-state index is 9.50. The van der Waals surface area contributed by atoms with Gasteiger partial charge in [0.05, 0.1) is 0 Å². The molecule has 0 saturated heterocycles. The predicted octanol–water partition coefficient (Wildman–Crippen LogP) is -3.83. The van der Waals surface area contributed by atoms with E-state index in [1.54, 1.807) is 0 Å². The van der Waals surface area contributed by atoms with Crippen LogP contribution in [-0.2, 0) is 26.7 Å². The third kappa shape index (κ3) is 34.6. The van der Waals surface area contributed by atoms with Gasteiger partial charge in [0.2, 0.25) is 0 Å². The van der Waals surface area contributed by atoms with Crippen LogP contribution in [0.3, 0.4) is 0 Å². The summed E-state index contributed by atoms with van der Waals surface area (Å²) in [6, 6.07) is 0. The second-order valence-electron chi connectivity index (χ2n) is 1.82. The molecule has 0 amide bonds. The van der Waals surface area contributed by atoms with Crippen molar-refractivity contribution in [3.8, 4) is 0 Å². The second-order valence-corrected chi connectivity index (χ2v) is 1.82. The van der Waals surface area contributed by atoms with E-state index in [1.165, 1.54) is 0 Å². The van der Waals surface area contributed by atoms with E-state index >= 15 is 0 Å². The fourth-order valence-electron chi connectivity index (χ4n) is 0.204. The van der Waals surface area contributed by atoms with Gasteiger partial charge in [-0.1, -0.05) is 0 Å². The number of carboxylic acids is 2. The zero-order valence-corrected chi connectivity index (χ0v) is 8.07. The number of nitrogens with two attached hydrogens (primary N) is 2. The van der Waals surface area contributed by atoms with E-state index in [4.69, 9.17) is 11.5 Å². The normalized spacial score (nSPS) is 7.54. The molecular formula is C6H12FeN2O4. The average Bonchev–Trinajstić information content (AvgIpc) is 2.01. The van der Waals surface area contributed by atoms with Crippen molar-refractivity contribution in [3.63, 3.8) is 0 Å². The molecule has 0 aliphatic rings. The minimum absolute atomic E-state index is 0. The number of rotatable bonds is 4. The quantitative estimate of drug-likeness (QED) is 0.477. The smallest absolute Gasteiger partial charge is 0.550 e. The van der Waals surface area contributed by atoms with Crippen molar-refractivity contribution >= 4 is 11.9 Å². The van der Waals surface area contributed by atoms with Crippen molar-refractivity contribution in [2.45, 2.75) is 12.8 Å². The molecule has 0 radical (unpaired) electrons. The molecule has 0 aliphatic carbocycles. The van der Waals surface area contributed by atoms with Crippen molar-refractivity contribution in [2.24, 2.45) is 11.5 Å². The Bertz CT molecular complexity index is 127. The summed E-state index contributed by atoms with van der Waals surface area (Å²) in [6.07, 6.45) is -0.940. The van der Waals surface area contributed by atoms with Gasteiger partial charge in [-0.2, -0.15) is 0 Å². The molecule has 0 bridgehead atoms. The largest absolute Gasteiger partial charge is 2.00 e. The first-order valence-electron chi connectivity index (χ1n) is 3.34. The Labute approximate surface area is 86.8 Å². The van der Waals surface area contributed by atoms with Gasteiger partial charge in [-0.05, 0) is 12.8 Å². The Morgan fingerprint density at radius 3 is 1.23 bits per heavy atom. The van der Waals surface area contributed by atoms with Crippen LogP contribution in [0.25, 0.3) is 0 Å². The fourth-order valence-corrected chi connectivity index (χ4v) is 0.204. The first-order chi connectivity index (χ1) is 5.54. The van der Waals surface area contributed by atoms with E-state index < -0.39 is 24.8 Å². The van der Waals surface area contributed by atoms with Gasteiger partial charge in [-0.15, -0.1) is 0 Å². The zero-order chi connectivity index (χ0) is 9.98. The standard InChI is InChI=1S/C4H6O4.C2H8N2.Fe/c5-3(6)1-2-4(7)8;3-1-2-4;/h1-2H2,(H,5,6)(H,7,8);1-4H2;/q;;+2/p-2. The van der Waals surface area contributed by atoms with Crippen LogP contribution in [0, 0.1) is 0 Å². The molecule has 78 valence electrons. The molecule has 0 atom stereocenters. The van der Waals surface area contributed by atoms with E-state index in [0.717, 1.165) is 0 Å². The second kappa shape index (κ2) is 13.9. The van der Waals surface area contributed by atoms with E-state index in [0.29, 0.717) is 13.1 Å². The summed E-state index contributed by atoms with van der Waals surface area (Å²) in [5.74, 6) is -2.73. The summed E-state index contributed by atoms with van der Waals surface area (Å²) in [5, 5.41) is 19.0. The summed E-state index contributed by atoms with van der Waals surface area (Å²) in [4.78, 5) is 19.0. The number of hydrogen-bond donors (Lipinski definition) is 2. The first-order valence-corrected chi connectivity index (χ1v) is 3.34. The van der Waals surface area contributed by atoms with Gasteiger partial charge in [0.15, 0.2) is 0 Å². The summed E-state index contributed by atoms with van der Waals surface area (Å²) in [6.45, 7) is 1.19. The number of aliphatic carboxylic acids is 2. The third-order valence-corrected chi connectivity index (χ3v) is 0.700. The summed E-state index contributed by atoms with van der Waals surface area (Å²) in [7, 11) is 0. The van der Waals surface area contributed by atoms with E-state index in [2.05, 4.69) is 0 Å². The predicted molar refractivity (Wildman–Crippen MR) is 37.4 cm³/mol. The molecule has 0 aliphatic heterocycles. The maximum Gasteiger partial charge on any atom is 2.00 e. The average molecular weight is 232 g/mol. The van der Waals surface area contributed by atoms with Crippen LogP contribution in [0.4, 0.5) is 0 Å². The van der Waals surface area contributed by atoms with Crippen molar-refractivity contribution < 1.29 is 36.9 Å².